The Balaban J connectivity index is 2.25. The van der Waals surface area contributed by atoms with Crippen LogP contribution in [0.25, 0.3) is 0 Å². The molecule has 2 aromatic rings. The normalized spacial score (nSPS) is 12.2. The van der Waals surface area contributed by atoms with Crippen LogP contribution in [0.1, 0.15) is 18.5 Å². The summed E-state index contributed by atoms with van der Waals surface area (Å²) in [7, 11) is 0. The van der Waals surface area contributed by atoms with E-state index in [2.05, 4.69) is 4.98 Å². The van der Waals surface area contributed by atoms with Crippen LogP contribution in [0.5, 0.6) is 11.6 Å². The molecule has 0 unspecified atom stereocenters. The Morgan fingerprint density at radius 1 is 1.22 bits per heavy atom. The first-order chi connectivity index (χ1) is 8.56. The van der Waals surface area contributed by atoms with E-state index in [1.807, 2.05) is 6.92 Å². The van der Waals surface area contributed by atoms with Gasteiger partial charge in [0.1, 0.15) is 5.82 Å². The van der Waals surface area contributed by atoms with Crippen LogP contribution in [0.4, 0.5) is 8.78 Å². The summed E-state index contributed by atoms with van der Waals surface area (Å²) in [4.78, 5) is 3.94. The van der Waals surface area contributed by atoms with Crippen molar-refractivity contribution in [2.75, 3.05) is 0 Å². The summed E-state index contributed by atoms with van der Waals surface area (Å²) >= 11 is 0. The van der Waals surface area contributed by atoms with Crippen molar-refractivity contribution >= 4 is 0 Å². The zero-order valence-corrected chi connectivity index (χ0v) is 9.73. The van der Waals surface area contributed by atoms with Crippen molar-refractivity contribution in [1.82, 2.24) is 4.98 Å². The van der Waals surface area contributed by atoms with Crippen LogP contribution in [-0.2, 0) is 0 Å². The molecule has 0 aliphatic carbocycles. The molecular formula is C13H12F2N2O. The second-order valence-electron chi connectivity index (χ2n) is 3.89. The van der Waals surface area contributed by atoms with Gasteiger partial charge in [-0.05, 0) is 30.7 Å². The van der Waals surface area contributed by atoms with Gasteiger partial charge in [-0.1, -0.05) is 0 Å². The lowest BCUT2D eigenvalue weighted by molar-refractivity contribution is 0.423. The van der Waals surface area contributed by atoms with Gasteiger partial charge in [-0.2, -0.15) is 0 Å². The highest BCUT2D eigenvalue weighted by atomic mass is 19.1. The summed E-state index contributed by atoms with van der Waals surface area (Å²) in [5.74, 6) is -1.29. The Bertz CT molecular complexity index is 558. The Labute approximate surface area is 103 Å². The number of nitrogens with zero attached hydrogens (tertiary/aromatic N) is 1. The second kappa shape index (κ2) is 5.10. The van der Waals surface area contributed by atoms with Gasteiger partial charge in [0.05, 0.1) is 0 Å². The number of halogens is 2. The number of hydrogen-bond donors (Lipinski definition) is 1. The third kappa shape index (κ3) is 2.81. The minimum atomic E-state index is -0.775. The van der Waals surface area contributed by atoms with Crippen molar-refractivity contribution in [2.45, 2.75) is 13.0 Å². The predicted molar refractivity (Wildman–Crippen MR) is 63.3 cm³/mol. The van der Waals surface area contributed by atoms with E-state index >= 15 is 0 Å². The van der Waals surface area contributed by atoms with E-state index in [1.54, 1.807) is 12.1 Å². The maximum absolute atomic E-state index is 13.4. The Morgan fingerprint density at radius 2 is 2.00 bits per heavy atom. The van der Waals surface area contributed by atoms with Gasteiger partial charge in [-0.15, -0.1) is 0 Å². The molecular weight excluding hydrogens is 238 g/mol. The monoisotopic (exact) mass is 250 g/mol. The first kappa shape index (κ1) is 12.4. The van der Waals surface area contributed by atoms with E-state index in [0.717, 1.165) is 17.7 Å². The zero-order valence-electron chi connectivity index (χ0n) is 9.73. The minimum Gasteiger partial charge on any atom is -0.436 e. The van der Waals surface area contributed by atoms with E-state index in [1.165, 1.54) is 12.3 Å². The molecule has 2 N–H and O–H groups in total. The number of pyridine rings is 1. The van der Waals surface area contributed by atoms with E-state index < -0.39 is 11.6 Å². The lowest BCUT2D eigenvalue weighted by Gasteiger charge is -2.09. The van der Waals surface area contributed by atoms with Crippen LogP contribution in [0.2, 0.25) is 0 Å². The highest BCUT2D eigenvalue weighted by Crippen LogP contribution is 2.24. The molecule has 94 valence electrons. The molecule has 1 aromatic heterocycles. The molecule has 3 nitrogen and oxygen atoms in total. The van der Waals surface area contributed by atoms with E-state index in [-0.39, 0.29) is 17.7 Å². The van der Waals surface area contributed by atoms with Gasteiger partial charge in [-0.25, -0.2) is 13.8 Å². The Hall–Kier alpha value is -2.01. The summed E-state index contributed by atoms with van der Waals surface area (Å²) in [6, 6.07) is 6.28. The second-order valence-corrected chi connectivity index (χ2v) is 3.89. The van der Waals surface area contributed by atoms with Gasteiger partial charge in [0.25, 0.3) is 0 Å². The molecule has 0 fully saturated rings. The molecule has 2 rings (SSSR count). The molecule has 18 heavy (non-hydrogen) atoms. The lowest BCUT2D eigenvalue weighted by Crippen LogP contribution is -2.05. The number of rotatable bonds is 3. The summed E-state index contributed by atoms with van der Waals surface area (Å²) in [6.07, 6.45) is 1.52. The summed E-state index contributed by atoms with van der Waals surface area (Å²) in [5.41, 5.74) is 6.54. The van der Waals surface area contributed by atoms with Crippen LogP contribution in [0.15, 0.2) is 36.5 Å². The number of hydrogen-bond acceptors (Lipinski definition) is 3. The standard InChI is InChI=1S/C13H12F2N2O/c1-8(16)9-4-5-17-13(6-9)18-12-3-2-10(14)7-11(12)15/h2-8H,16H2,1H3/t8-/m1/s1. The quantitative estimate of drug-likeness (QED) is 0.910. The van der Waals surface area contributed by atoms with Gasteiger partial charge in [-0.3, -0.25) is 0 Å². The molecule has 1 aromatic carbocycles. The molecule has 0 aliphatic heterocycles. The van der Waals surface area contributed by atoms with Gasteiger partial charge in [0, 0.05) is 24.4 Å². The number of ether oxygens (including phenoxy) is 1. The van der Waals surface area contributed by atoms with Crippen molar-refractivity contribution in [2.24, 2.45) is 5.73 Å². The van der Waals surface area contributed by atoms with Crippen LogP contribution >= 0.6 is 0 Å². The average molecular weight is 250 g/mol. The highest BCUT2D eigenvalue weighted by molar-refractivity contribution is 5.31. The third-order valence-corrected chi connectivity index (χ3v) is 2.39. The number of nitrogens with two attached hydrogens (primary N) is 1. The SMILES string of the molecule is C[C@@H](N)c1ccnc(Oc2ccc(F)cc2F)c1. The number of aromatic nitrogens is 1. The third-order valence-electron chi connectivity index (χ3n) is 2.39. The largest absolute Gasteiger partial charge is 0.436 e. The zero-order chi connectivity index (χ0) is 13.1. The Morgan fingerprint density at radius 3 is 2.67 bits per heavy atom. The number of benzene rings is 1. The molecule has 0 saturated heterocycles. The minimum absolute atomic E-state index is 0.0780. The van der Waals surface area contributed by atoms with Crippen LogP contribution in [0, 0.1) is 11.6 Å². The lowest BCUT2D eigenvalue weighted by atomic mass is 10.1. The van der Waals surface area contributed by atoms with E-state index in [0.29, 0.717) is 0 Å². The van der Waals surface area contributed by atoms with Gasteiger partial charge in [0.2, 0.25) is 5.88 Å². The smallest absolute Gasteiger partial charge is 0.219 e. The van der Waals surface area contributed by atoms with Gasteiger partial charge >= 0.3 is 0 Å². The molecule has 1 heterocycles. The van der Waals surface area contributed by atoms with Crippen molar-refractivity contribution < 1.29 is 13.5 Å². The fraction of sp³-hybridized carbons (Fsp3) is 0.154. The van der Waals surface area contributed by atoms with Crippen molar-refractivity contribution in [3.8, 4) is 11.6 Å². The molecule has 0 bridgehead atoms. The van der Waals surface area contributed by atoms with Crippen molar-refractivity contribution in [1.29, 1.82) is 0 Å². The molecule has 5 heteroatoms. The summed E-state index contributed by atoms with van der Waals surface area (Å²) in [6.45, 7) is 1.82. The van der Waals surface area contributed by atoms with Crippen LogP contribution < -0.4 is 10.5 Å². The first-order valence-electron chi connectivity index (χ1n) is 5.40. The molecule has 0 radical (unpaired) electrons. The fourth-order valence-corrected chi connectivity index (χ4v) is 1.43. The average Bonchev–Trinajstić information content (AvgIpc) is 2.33. The highest BCUT2D eigenvalue weighted by Gasteiger charge is 2.08. The first-order valence-corrected chi connectivity index (χ1v) is 5.40. The van der Waals surface area contributed by atoms with Gasteiger partial charge in [0.15, 0.2) is 11.6 Å². The molecule has 1 atom stereocenters. The topological polar surface area (TPSA) is 48.1 Å². The Kier molecular flexibility index (Phi) is 3.53. The van der Waals surface area contributed by atoms with E-state index in [9.17, 15) is 8.78 Å². The predicted octanol–water partition coefficient (Wildman–Crippen LogP) is 3.17. The maximum atomic E-state index is 13.4. The molecule has 0 amide bonds. The van der Waals surface area contributed by atoms with Crippen LogP contribution in [-0.4, -0.2) is 4.98 Å². The van der Waals surface area contributed by atoms with Gasteiger partial charge < -0.3 is 10.5 Å². The van der Waals surface area contributed by atoms with Crippen molar-refractivity contribution in [3.63, 3.8) is 0 Å². The van der Waals surface area contributed by atoms with Crippen molar-refractivity contribution in [3.05, 3.63) is 53.7 Å². The van der Waals surface area contributed by atoms with E-state index in [4.69, 9.17) is 10.5 Å². The maximum Gasteiger partial charge on any atom is 0.219 e. The van der Waals surface area contributed by atoms with Crippen LogP contribution in [0.3, 0.4) is 0 Å². The fourth-order valence-electron chi connectivity index (χ4n) is 1.43. The summed E-state index contributed by atoms with van der Waals surface area (Å²) < 4.78 is 31.4. The summed E-state index contributed by atoms with van der Waals surface area (Å²) in [5, 5.41) is 0. The molecule has 0 aliphatic rings. The molecule has 0 saturated carbocycles. The molecule has 0 spiro atoms.